The van der Waals surface area contributed by atoms with E-state index in [1.54, 1.807) is 0 Å². The van der Waals surface area contributed by atoms with Gasteiger partial charge in [0, 0.05) is 31.6 Å². The Morgan fingerprint density at radius 3 is 2.58 bits per heavy atom. The molecular weight excluding hydrogens is 328 g/mol. The highest BCUT2D eigenvalue weighted by molar-refractivity contribution is 5.78. The van der Waals surface area contributed by atoms with Gasteiger partial charge in [-0.1, -0.05) is 42.5 Å². The molecule has 6 nitrogen and oxygen atoms in total. The Balaban J connectivity index is 1.44. The van der Waals surface area contributed by atoms with Gasteiger partial charge in [0.25, 0.3) is 11.8 Å². The zero-order valence-electron chi connectivity index (χ0n) is 14.4. The Hall–Kier alpha value is -3.15. The molecule has 2 heterocycles. The van der Waals surface area contributed by atoms with Gasteiger partial charge in [-0.2, -0.15) is 4.98 Å². The minimum absolute atomic E-state index is 0.235. The molecule has 0 unspecified atom stereocenters. The first-order valence-electron chi connectivity index (χ1n) is 8.77. The molecule has 6 heteroatoms. The molecule has 1 amide bonds. The summed E-state index contributed by atoms with van der Waals surface area (Å²) in [6, 6.07) is 17.8. The van der Waals surface area contributed by atoms with E-state index >= 15 is 0 Å². The van der Waals surface area contributed by atoms with Crippen molar-refractivity contribution in [3.05, 3.63) is 65.7 Å². The van der Waals surface area contributed by atoms with Gasteiger partial charge >= 0.3 is 0 Å². The highest BCUT2D eigenvalue weighted by Crippen LogP contribution is 2.20. The maximum absolute atomic E-state index is 11.9. The minimum atomic E-state index is 0.235. The van der Waals surface area contributed by atoms with Crippen LogP contribution >= 0.6 is 0 Å². The van der Waals surface area contributed by atoms with Gasteiger partial charge in [0.1, 0.15) is 0 Å². The monoisotopic (exact) mass is 348 g/mol. The Kier molecular flexibility index (Phi) is 4.64. The lowest BCUT2D eigenvalue weighted by Gasteiger charge is -2.18. The maximum atomic E-state index is 11.9. The van der Waals surface area contributed by atoms with Crippen LogP contribution in [0, 0.1) is 0 Å². The van der Waals surface area contributed by atoms with Gasteiger partial charge in [0.05, 0.1) is 0 Å². The summed E-state index contributed by atoms with van der Waals surface area (Å²) in [6.07, 6.45) is 1.61. The number of carbonyl (C=O) groups is 1. The van der Waals surface area contributed by atoms with Crippen LogP contribution in [0.15, 0.2) is 59.1 Å². The van der Waals surface area contributed by atoms with Crippen LogP contribution in [-0.2, 0) is 17.9 Å². The number of carbonyl (C=O) groups excluding carboxylic acids is 1. The van der Waals surface area contributed by atoms with E-state index in [0.717, 1.165) is 29.7 Å². The number of hydrogen-bond acceptors (Lipinski definition) is 5. The molecular formula is C20H20N4O2. The van der Waals surface area contributed by atoms with E-state index in [1.807, 2.05) is 47.4 Å². The minimum Gasteiger partial charge on any atom is -0.347 e. The second kappa shape index (κ2) is 7.39. The molecule has 1 aliphatic rings. The van der Waals surface area contributed by atoms with Crippen molar-refractivity contribution in [3.8, 4) is 11.5 Å². The number of rotatable bonds is 6. The predicted octanol–water partition coefficient (Wildman–Crippen LogP) is 3.47. The van der Waals surface area contributed by atoms with Crippen molar-refractivity contribution >= 4 is 11.9 Å². The van der Waals surface area contributed by atoms with Crippen molar-refractivity contribution in [1.82, 2.24) is 15.0 Å². The molecule has 0 spiro atoms. The molecule has 26 heavy (non-hydrogen) atoms. The third-order valence-corrected chi connectivity index (χ3v) is 4.53. The molecule has 1 N–H and O–H groups in total. The van der Waals surface area contributed by atoms with Crippen molar-refractivity contribution in [2.75, 3.05) is 11.9 Å². The fraction of sp³-hybridized carbons (Fsp3) is 0.250. The van der Waals surface area contributed by atoms with Crippen LogP contribution in [0.4, 0.5) is 5.95 Å². The molecule has 1 aliphatic heterocycles. The lowest BCUT2D eigenvalue weighted by Crippen LogP contribution is -2.24. The molecule has 0 bridgehead atoms. The number of aromatic nitrogens is 2. The number of amides is 1. The fourth-order valence-electron chi connectivity index (χ4n) is 3.13. The van der Waals surface area contributed by atoms with E-state index in [0.29, 0.717) is 31.3 Å². The van der Waals surface area contributed by atoms with Gasteiger partial charge in [-0.05, 0) is 34.8 Å². The number of benzene rings is 2. The summed E-state index contributed by atoms with van der Waals surface area (Å²) in [5.74, 6) is 1.18. The largest absolute Gasteiger partial charge is 0.347 e. The molecule has 2 aromatic carbocycles. The van der Waals surface area contributed by atoms with E-state index in [2.05, 4.69) is 27.6 Å². The van der Waals surface area contributed by atoms with E-state index in [-0.39, 0.29) is 5.91 Å². The third-order valence-electron chi connectivity index (χ3n) is 4.53. The first kappa shape index (κ1) is 16.3. The van der Waals surface area contributed by atoms with Crippen molar-refractivity contribution < 1.29 is 9.32 Å². The Bertz CT molecular complexity index is 892. The molecule has 0 aliphatic carbocycles. The first-order valence-corrected chi connectivity index (χ1v) is 8.77. The van der Waals surface area contributed by atoms with Crippen molar-refractivity contribution in [2.24, 2.45) is 0 Å². The van der Waals surface area contributed by atoms with Crippen molar-refractivity contribution in [3.63, 3.8) is 0 Å². The van der Waals surface area contributed by atoms with E-state index in [4.69, 9.17) is 4.52 Å². The maximum Gasteiger partial charge on any atom is 0.264 e. The Morgan fingerprint density at radius 1 is 1.04 bits per heavy atom. The molecule has 0 saturated carbocycles. The van der Waals surface area contributed by atoms with Crippen molar-refractivity contribution in [1.29, 1.82) is 0 Å². The molecule has 1 fully saturated rings. The molecule has 4 rings (SSSR count). The van der Waals surface area contributed by atoms with E-state index in [1.165, 1.54) is 0 Å². The smallest absolute Gasteiger partial charge is 0.264 e. The second-order valence-electron chi connectivity index (χ2n) is 6.33. The van der Waals surface area contributed by atoms with Crippen LogP contribution < -0.4 is 5.32 Å². The predicted molar refractivity (Wildman–Crippen MR) is 98.2 cm³/mol. The normalized spacial score (nSPS) is 14.0. The quantitative estimate of drug-likeness (QED) is 0.738. The summed E-state index contributed by atoms with van der Waals surface area (Å²) in [6.45, 7) is 2.07. The van der Waals surface area contributed by atoms with Crippen molar-refractivity contribution in [2.45, 2.75) is 25.9 Å². The molecule has 132 valence electrons. The average molecular weight is 348 g/mol. The summed E-state index contributed by atoms with van der Waals surface area (Å²) in [7, 11) is 0. The lowest BCUT2D eigenvalue weighted by atomic mass is 10.1. The van der Waals surface area contributed by atoms with Crippen LogP contribution in [0.5, 0.6) is 0 Å². The Morgan fingerprint density at radius 2 is 1.81 bits per heavy atom. The van der Waals surface area contributed by atoms with Gasteiger partial charge in [0.2, 0.25) is 5.91 Å². The summed E-state index contributed by atoms with van der Waals surface area (Å²) in [5, 5.41) is 7.20. The van der Waals surface area contributed by atoms with Crippen LogP contribution in [-0.4, -0.2) is 27.5 Å². The number of nitrogens with zero attached hydrogens (tertiary/aromatic N) is 3. The topological polar surface area (TPSA) is 71.3 Å². The number of nitrogens with one attached hydrogen (secondary N) is 1. The van der Waals surface area contributed by atoms with E-state index in [9.17, 15) is 4.79 Å². The van der Waals surface area contributed by atoms with Crippen LogP contribution in [0.3, 0.4) is 0 Å². The van der Waals surface area contributed by atoms with Crippen LogP contribution in [0.2, 0.25) is 0 Å². The van der Waals surface area contributed by atoms with E-state index < -0.39 is 0 Å². The van der Waals surface area contributed by atoms with Gasteiger partial charge in [-0.3, -0.25) is 4.79 Å². The van der Waals surface area contributed by atoms with Crippen LogP contribution in [0.25, 0.3) is 11.5 Å². The summed E-state index contributed by atoms with van der Waals surface area (Å²) in [5.41, 5.74) is 3.15. The van der Waals surface area contributed by atoms with Gasteiger partial charge in [0.15, 0.2) is 0 Å². The van der Waals surface area contributed by atoms with Gasteiger partial charge in [-0.25, -0.2) is 0 Å². The number of anilines is 1. The molecule has 0 atom stereocenters. The van der Waals surface area contributed by atoms with Crippen LogP contribution in [0.1, 0.15) is 24.0 Å². The summed E-state index contributed by atoms with van der Waals surface area (Å²) < 4.78 is 5.31. The number of likely N-dealkylation sites (tertiary alicyclic amines) is 1. The summed E-state index contributed by atoms with van der Waals surface area (Å²) >= 11 is 0. The first-order chi connectivity index (χ1) is 12.8. The summed E-state index contributed by atoms with van der Waals surface area (Å²) in [4.78, 5) is 18.2. The third kappa shape index (κ3) is 3.59. The zero-order valence-corrected chi connectivity index (χ0v) is 14.4. The number of hydrogen-bond donors (Lipinski definition) is 1. The van der Waals surface area contributed by atoms with Gasteiger partial charge in [-0.15, -0.1) is 0 Å². The molecule has 1 aromatic heterocycles. The SMILES string of the molecule is O=C1CCCN1Cc1ccccc1CNc1noc(-c2ccccc2)n1. The Labute approximate surface area is 151 Å². The molecule has 0 radical (unpaired) electrons. The molecule has 1 saturated heterocycles. The fourth-order valence-corrected chi connectivity index (χ4v) is 3.13. The highest BCUT2D eigenvalue weighted by atomic mass is 16.5. The highest BCUT2D eigenvalue weighted by Gasteiger charge is 2.20. The second-order valence-corrected chi connectivity index (χ2v) is 6.33. The standard InChI is InChI=1S/C20H20N4O2/c25-18-11-6-12-24(18)14-17-10-5-4-9-16(17)13-21-20-22-19(26-23-20)15-7-2-1-3-8-15/h1-5,7-10H,6,11-14H2,(H,21,23). The zero-order chi connectivity index (χ0) is 17.8. The lowest BCUT2D eigenvalue weighted by molar-refractivity contribution is -0.128. The van der Waals surface area contributed by atoms with Gasteiger partial charge < -0.3 is 14.7 Å². The average Bonchev–Trinajstić information content (AvgIpc) is 3.31. The molecule has 3 aromatic rings.